The van der Waals surface area contributed by atoms with Crippen molar-refractivity contribution >= 4 is 35.3 Å². The van der Waals surface area contributed by atoms with Crippen LogP contribution >= 0.6 is 23.6 Å². The van der Waals surface area contributed by atoms with E-state index in [4.69, 9.17) is 23.6 Å². The molecule has 0 aliphatic rings. The summed E-state index contributed by atoms with van der Waals surface area (Å²) in [4.78, 5) is 0. The van der Waals surface area contributed by atoms with Gasteiger partial charge in [-0.2, -0.15) is 0 Å². The molecular weight excluding hydrogens is 151 g/mol. The first-order chi connectivity index (χ1) is 2.91. The molecule has 4 nitrogen and oxygen atoms in total. The van der Waals surface area contributed by atoms with E-state index in [1.165, 1.54) is 0 Å². The van der Waals surface area contributed by atoms with Crippen LogP contribution in [0.15, 0.2) is 9.02 Å². The van der Waals surface area contributed by atoms with Crippen molar-refractivity contribution in [3.8, 4) is 0 Å². The minimum Gasteiger partial charge on any atom is -0.344 e. The van der Waals surface area contributed by atoms with E-state index in [1.54, 1.807) is 0 Å². The van der Waals surface area contributed by atoms with Gasteiger partial charge in [0, 0.05) is 23.6 Å². The lowest BCUT2D eigenvalue weighted by atomic mass is 11.1. The number of rotatable bonds is 0. The van der Waals surface area contributed by atoms with E-state index >= 15 is 0 Å². The Labute approximate surface area is 57.3 Å². The van der Waals surface area contributed by atoms with E-state index in [2.05, 4.69) is 9.02 Å². The van der Waals surface area contributed by atoms with Gasteiger partial charge < -0.3 is 12.3 Å². The average Bonchev–Trinajstić information content (AvgIpc) is 1.61. The SMILES string of the molecule is ClN=C=C=NCl.N.N. The van der Waals surface area contributed by atoms with Crippen molar-refractivity contribution in [2.24, 2.45) is 9.02 Å². The normalized spacial score (nSPS) is 3.75. The fourth-order valence-corrected chi connectivity index (χ4v) is 0.113. The molecule has 6 heteroatoms. The minimum atomic E-state index is 0. The van der Waals surface area contributed by atoms with Crippen molar-refractivity contribution in [1.82, 2.24) is 12.3 Å². The fraction of sp³-hybridized carbons (Fsp3) is 0. The second-order valence-corrected chi connectivity index (χ2v) is 0.731. The average molecular weight is 157 g/mol. The van der Waals surface area contributed by atoms with Gasteiger partial charge in [0.2, 0.25) is 0 Å². The van der Waals surface area contributed by atoms with Gasteiger partial charge in [-0.05, 0) is 0 Å². The Morgan fingerprint density at radius 3 is 1.25 bits per heavy atom. The lowest BCUT2D eigenvalue weighted by Crippen LogP contribution is -1.42. The van der Waals surface area contributed by atoms with Gasteiger partial charge in [-0.1, -0.05) is 0 Å². The van der Waals surface area contributed by atoms with Gasteiger partial charge in [-0.15, -0.1) is 9.02 Å². The highest BCUT2D eigenvalue weighted by Crippen LogP contribution is 1.65. The molecule has 0 saturated carbocycles. The van der Waals surface area contributed by atoms with Crippen LogP contribution in [0, 0.1) is 0 Å². The number of hydrogen-bond acceptors (Lipinski definition) is 4. The molecule has 0 aliphatic heterocycles. The minimum absolute atomic E-state index is 0. The maximum Gasteiger partial charge on any atom is 0.0756 e. The summed E-state index contributed by atoms with van der Waals surface area (Å²) < 4.78 is 5.72. The molecule has 0 aromatic carbocycles. The molecule has 0 aromatic heterocycles. The maximum atomic E-state index is 4.71. The van der Waals surface area contributed by atoms with Gasteiger partial charge in [-0.3, -0.25) is 0 Å². The molecule has 0 radical (unpaired) electrons. The van der Waals surface area contributed by atoms with E-state index in [-0.39, 0.29) is 12.3 Å². The number of hydrogen-bond donors (Lipinski definition) is 2. The summed E-state index contributed by atoms with van der Waals surface area (Å²) in [6.07, 6.45) is 0. The maximum absolute atomic E-state index is 4.71. The molecule has 0 bridgehead atoms. The molecule has 0 saturated heterocycles. The molecule has 8 heavy (non-hydrogen) atoms. The number of halogens is 2. The fourth-order valence-electron chi connectivity index (χ4n) is 0.0378. The first-order valence-electron chi connectivity index (χ1n) is 1.04. The second kappa shape index (κ2) is 15.9. The molecule has 0 spiro atoms. The smallest absolute Gasteiger partial charge is 0.0756 e. The summed E-state index contributed by atoms with van der Waals surface area (Å²) in [5.41, 5.74) is 0. The van der Waals surface area contributed by atoms with Gasteiger partial charge >= 0.3 is 0 Å². The standard InChI is InChI=1S/C2Cl2N2.2H3N/c3-5-1-2-6-4;;/h;2*1H3. The Bertz CT molecular complexity index is 95.2. The van der Waals surface area contributed by atoms with Crippen LogP contribution in [0.2, 0.25) is 0 Å². The highest BCUT2D eigenvalue weighted by atomic mass is 35.5. The van der Waals surface area contributed by atoms with E-state index < -0.39 is 0 Å². The molecule has 0 aromatic rings. The second-order valence-electron chi connectivity index (χ2n) is 0.393. The van der Waals surface area contributed by atoms with E-state index in [1.807, 2.05) is 11.7 Å². The van der Waals surface area contributed by atoms with E-state index in [9.17, 15) is 0 Å². The highest BCUT2D eigenvalue weighted by Gasteiger charge is 1.41. The van der Waals surface area contributed by atoms with Gasteiger partial charge in [0.1, 0.15) is 0 Å². The summed E-state index contributed by atoms with van der Waals surface area (Å²) in [7, 11) is 0. The van der Waals surface area contributed by atoms with Crippen molar-refractivity contribution in [3.05, 3.63) is 0 Å². The van der Waals surface area contributed by atoms with Gasteiger partial charge in [-0.25, -0.2) is 0 Å². The van der Waals surface area contributed by atoms with Crippen molar-refractivity contribution in [2.45, 2.75) is 0 Å². The van der Waals surface area contributed by atoms with Crippen LogP contribution in [-0.2, 0) is 0 Å². The molecule has 0 fully saturated rings. The van der Waals surface area contributed by atoms with Crippen LogP contribution in [0.3, 0.4) is 0 Å². The van der Waals surface area contributed by atoms with Crippen LogP contribution in [0.5, 0.6) is 0 Å². The Morgan fingerprint density at radius 1 is 0.875 bits per heavy atom. The molecule has 0 rings (SSSR count). The molecule has 0 amide bonds. The van der Waals surface area contributed by atoms with Crippen molar-refractivity contribution in [2.75, 3.05) is 0 Å². The Balaban J connectivity index is -0.000000125. The van der Waals surface area contributed by atoms with Crippen LogP contribution < -0.4 is 12.3 Å². The zero-order valence-corrected chi connectivity index (χ0v) is 5.58. The third kappa shape index (κ3) is 17.4. The monoisotopic (exact) mass is 156 g/mol. The Hall–Kier alpha value is -0.340. The van der Waals surface area contributed by atoms with Crippen LogP contribution in [0.1, 0.15) is 0 Å². The summed E-state index contributed by atoms with van der Waals surface area (Å²) in [5, 5.41) is 0. The summed E-state index contributed by atoms with van der Waals surface area (Å²) in [6, 6.07) is 0. The van der Waals surface area contributed by atoms with Gasteiger partial charge in [0.15, 0.2) is 0 Å². The molecule has 6 N–H and O–H groups in total. The Morgan fingerprint density at radius 2 is 1.12 bits per heavy atom. The van der Waals surface area contributed by atoms with Crippen LogP contribution in [-0.4, -0.2) is 11.7 Å². The topological polar surface area (TPSA) is 94.7 Å². The molecule has 0 atom stereocenters. The van der Waals surface area contributed by atoms with E-state index in [0.29, 0.717) is 0 Å². The number of nitrogens with zero attached hydrogens (tertiary/aromatic N) is 2. The van der Waals surface area contributed by atoms with Crippen molar-refractivity contribution in [1.29, 1.82) is 0 Å². The predicted octanol–water partition coefficient (Wildman–Crippen LogP) is 1.51. The quantitative estimate of drug-likeness (QED) is 0.521. The van der Waals surface area contributed by atoms with Crippen LogP contribution in [0.4, 0.5) is 0 Å². The molecule has 0 aliphatic carbocycles. The first kappa shape index (κ1) is 15.6. The predicted molar refractivity (Wildman–Crippen MR) is 36.6 cm³/mol. The lowest BCUT2D eigenvalue weighted by Gasteiger charge is -1.43. The summed E-state index contributed by atoms with van der Waals surface area (Å²) >= 11 is 9.43. The third-order valence-corrected chi connectivity index (χ3v) is 0.304. The third-order valence-electron chi connectivity index (χ3n) is 0.135. The molecule has 0 heterocycles. The summed E-state index contributed by atoms with van der Waals surface area (Å²) in [6.45, 7) is 0. The largest absolute Gasteiger partial charge is 0.344 e. The van der Waals surface area contributed by atoms with E-state index in [0.717, 1.165) is 0 Å². The zero-order chi connectivity index (χ0) is 4.83. The molecular formula is C2H6Cl2N4. The van der Waals surface area contributed by atoms with Crippen molar-refractivity contribution in [3.63, 3.8) is 0 Å². The van der Waals surface area contributed by atoms with Gasteiger partial charge in [0.05, 0.1) is 11.7 Å². The highest BCUT2D eigenvalue weighted by molar-refractivity contribution is 6.22. The van der Waals surface area contributed by atoms with Gasteiger partial charge in [0.25, 0.3) is 0 Å². The summed E-state index contributed by atoms with van der Waals surface area (Å²) in [5.74, 6) is 4.08. The first-order valence-corrected chi connectivity index (χ1v) is 1.71. The lowest BCUT2D eigenvalue weighted by molar-refractivity contribution is 1.96. The molecule has 0 unspecified atom stereocenters. The zero-order valence-electron chi connectivity index (χ0n) is 4.06. The van der Waals surface area contributed by atoms with Crippen molar-refractivity contribution < 1.29 is 0 Å². The molecule has 48 valence electrons. The Kier molecular flexibility index (Phi) is 31.2. The van der Waals surface area contributed by atoms with Crippen LogP contribution in [0.25, 0.3) is 0 Å².